The molecule has 1 aromatic rings. The predicted molar refractivity (Wildman–Crippen MR) is 52.9 cm³/mol. The third-order valence-electron chi connectivity index (χ3n) is 2.37. The summed E-state index contributed by atoms with van der Waals surface area (Å²) in [5.41, 5.74) is 5.64. The van der Waals surface area contributed by atoms with E-state index >= 15 is 0 Å². The van der Waals surface area contributed by atoms with Crippen LogP contribution in [0.15, 0.2) is 23.8 Å². The molecule has 1 aliphatic rings. The van der Waals surface area contributed by atoms with Gasteiger partial charge >= 0.3 is 0 Å². The molecule has 0 amide bonds. The minimum absolute atomic E-state index is 0. The van der Waals surface area contributed by atoms with Crippen molar-refractivity contribution in [2.75, 3.05) is 0 Å². The maximum Gasteiger partial charge on any atom is 0.0161 e. The van der Waals surface area contributed by atoms with Crippen molar-refractivity contribution < 1.29 is 26.2 Å². The van der Waals surface area contributed by atoms with Gasteiger partial charge in [0, 0.05) is 32.6 Å². The van der Waals surface area contributed by atoms with Gasteiger partial charge in [-0.2, -0.15) is 0 Å². The standard InChI is InChI=1S/C12H13.Zr/c1-3-10-5-4-6-11-7-9(2)8-12(10)11;/h4-8H,3H2,1-2H3;. The van der Waals surface area contributed by atoms with E-state index in [0.717, 1.165) is 6.42 Å². The molecule has 0 spiro atoms. The Morgan fingerprint density at radius 2 is 2.00 bits per heavy atom. The Kier molecular flexibility index (Phi) is 3.67. The van der Waals surface area contributed by atoms with Crippen LogP contribution in [-0.4, -0.2) is 0 Å². The molecule has 0 aliphatic heterocycles. The van der Waals surface area contributed by atoms with E-state index in [0.29, 0.717) is 0 Å². The van der Waals surface area contributed by atoms with E-state index in [2.05, 4.69) is 44.5 Å². The maximum absolute atomic E-state index is 2.27. The van der Waals surface area contributed by atoms with Gasteiger partial charge in [0.25, 0.3) is 0 Å². The summed E-state index contributed by atoms with van der Waals surface area (Å²) in [6.45, 7) is 4.36. The number of rotatable bonds is 1. The minimum Gasteiger partial charge on any atom is -0.0643 e. The van der Waals surface area contributed by atoms with Crippen LogP contribution in [-0.2, 0) is 32.6 Å². The first-order valence-corrected chi connectivity index (χ1v) is 4.46. The number of aryl methyl sites for hydroxylation is 1. The zero-order chi connectivity index (χ0) is 8.55. The van der Waals surface area contributed by atoms with Crippen LogP contribution in [0.2, 0.25) is 0 Å². The fourth-order valence-electron chi connectivity index (χ4n) is 1.76. The molecule has 13 heavy (non-hydrogen) atoms. The van der Waals surface area contributed by atoms with E-state index in [-0.39, 0.29) is 26.2 Å². The molecule has 0 bridgehead atoms. The molecule has 0 heterocycles. The van der Waals surface area contributed by atoms with Crippen molar-refractivity contribution in [2.24, 2.45) is 0 Å². The quantitative estimate of drug-likeness (QED) is 0.716. The Balaban J connectivity index is 0.000000845. The van der Waals surface area contributed by atoms with Gasteiger partial charge in [0.15, 0.2) is 0 Å². The number of benzene rings is 1. The van der Waals surface area contributed by atoms with E-state index in [1.165, 1.54) is 22.3 Å². The van der Waals surface area contributed by atoms with E-state index in [4.69, 9.17) is 0 Å². The molecule has 0 fully saturated rings. The molecule has 1 heteroatoms. The van der Waals surface area contributed by atoms with Crippen LogP contribution in [0.4, 0.5) is 0 Å². The third-order valence-corrected chi connectivity index (χ3v) is 2.37. The van der Waals surface area contributed by atoms with Gasteiger partial charge in [0.1, 0.15) is 0 Å². The molecule has 65 valence electrons. The van der Waals surface area contributed by atoms with Crippen molar-refractivity contribution in [2.45, 2.75) is 20.3 Å². The molecule has 0 N–H and O–H groups in total. The van der Waals surface area contributed by atoms with Gasteiger partial charge < -0.3 is 0 Å². The summed E-state index contributed by atoms with van der Waals surface area (Å²) in [6, 6.07) is 6.53. The van der Waals surface area contributed by atoms with Gasteiger partial charge in [-0.3, -0.25) is 0 Å². The van der Waals surface area contributed by atoms with Crippen molar-refractivity contribution in [3.8, 4) is 0 Å². The van der Waals surface area contributed by atoms with Crippen LogP contribution >= 0.6 is 0 Å². The summed E-state index contributed by atoms with van der Waals surface area (Å²) in [5.74, 6) is 0. The van der Waals surface area contributed by atoms with Crippen LogP contribution in [0.25, 0.3) is 6.08 Å². The largest absolute Gasteiger partial charge is 0.0643 e. The first-order chi connectivity index (χ1) is 5.81. The van der Waals surface area contributed by atoms with Gasteiger partial charge in [0.05, 0.1) is 0 Å². The molecule has 0 aromatic heterocycles. The second-order valence-electron chi connectivity index (χ2n) is 3.31. The minimum atomic E-state index is 0. The SMILES string of the molecule is CCc1cccc2c1C=C(C)[CH]2.[Zr]. The molecule has 0 saturated heterocycles. The Morgan fingerprint density at radius 3 is 2.69 bits per heavy atom. The van der Waals surface area contributed by atoms with Crippen molar-refractivity contribution in [3.63, 3.8) is 0 Å². The average Bonchev–Trinajstić information content (AvgIpc) is 2.44. The fraction of sp³-hybridized carbons (Fsp3) is 0.250. The summed E-state index contributed by atoms with van der Waals surface area (Å²) < 4.78 is 0. The summed E-state index contributed by atoms with van der Waals surface area (Å²) >= 11 is 0. The Bertz CT molecular complexity index is 337. The van der Waals surface area contributed by atoms with E-state index in [1.54, 1.807) is 0 Å². The van der Waals surface area contributed by atoms with Crippen LogP contribution < -0.4 is 0 Å². The molecule has 1 aromatic carbocycles. The van der Waals surface area contributed by atoms with E-state index < -0.39 is 0 Å². The molecule has 2 rings (SSSR count). The Hall–Kier alpha value is -0.157. The molecular formula is C12H13Zr. The summed E-state index contributed by atoms with van der Waals surface area (Å²) in [7, 11) is 0. The first-order valence-electron chi connectivity index (χ1n) is 4.46. The van der Waals surface area contributed by atoms with Crippen LogP contribution in [0.1, 0.15) is 30.5 Å². The Morgan fingerprint density at radius 1 is 1.23 bits per heavy atom. The number of fused-ring (bicyclic) bond motifs is 1. The van der Waals surface area contributed by atoms with Gasteiger partial charge in [0.2, 0.25) is 0 Å². The fourth-order valence-corrected chi connectivity index (χ4v) is 1.76. The molecule has 1 aliphatic carbocycles. The van der Waals surface area contributed by atoms with Gasteiger partial charge in [-0.25, -0.2) is 0 Å². The predicted octanol–water partition coefficient (Wildman–Crippen LogP) is 3.22. The molecule has 1 radical (unpaired) electrons. The number of allylic oxidation sites excluding steroid dienone is 1. The molecular weight excluding hydrogens is 235 g/mol. The second-order valence-corrected chi connectivity index (χ2v) is 3.31. The summed E-state index contributed by atoms with van der Waals surface area (Å²) in [4.78, 5) is 0. The van der Waals surface area contributed by atoms with Gasteiger partial charge in [-0.15, -0.1) is 0 Å². The zero-order valence-electron chi connectivity index (χ0n) is 8.09. The van der Waals surface area contributed by atoms with Crippen LogP contribution in [0.5, 0.6) is 0 Å². The van der Waals surface area contributed by atoms with E-state index in [1.807, 2.05) is 0 Å². The molecule has 0 unspecified atom stereocenters. The number of hydrogen-bond donors (Lipinski definition) is 0. The smallest absolute Gasteiger partial charge is 0.0161 e. The van der Waals surface area contributed by atoms with Crippen LogP contribution in [0, 0.1) is 6.42 Å². The van der Waals surface area contributed by atoms with Gasteiger partial charge in [-0.05, 0) is 30.0 Å². The molecule has 0 atom stereocenters. The van der Waals surface area contributed by atoms with Crippen molar-refractivity contribution in [1.82, 2.24) is 0 Å². The normalized spacial score (nSPS) is 13.2. The van der Waals surface area contributed by atoms with Crippen LogP contribution in [0.3, 0.4) is 0 Å². The van der Waals surface area contributed by atoms with Crippen molar-refractivity contribution >= 4 is 6.08 Å². The third kappa shape index (κ3) is 2.02. The first kappa shape index (κ1) is 10.9. The summed E-state index contributed by atoms with van der Waals surface area (Å²) in [6.07, 6.45) is 5.64. The van der Waals surface area contributed by atoms with Crippen molar-refractivity contribution in [1.29, 1.82) is 0 Å². The monoisotopic (exact) mass is 247 g/mol. The maximum atomic E-state index is 2.27. The average molecular weight is 248 g/mol. The Labute approximate surface area is 99.2 Å². The van der Waals surface area contributed by atoms with Gasteiger partial charge in [-0.1, -0.05) is 36.8 Å². The zero-order valence-corrected chi connectivity index (χ0v) is 10.6. The van der Waals surface area contributed by atoms with E-state index in [9.17, 15) is 0 Å². The second kappa shape index (κ2) is 4.37. The molecule has 0 saturated carbocycles. The summed E-state index contributed by atoms with van der Waals surface area (Å²) in [5, 5.41) is 0. The van der Waals surface area contributed by atoms with Crippen molar-refractivity contribution in [3.05, 3.63) is 46.9 Å². The topological polar surface area (TPSA) is 0 Å². The molecule has 0 nitrogen and oxygen atoms in total. The number of hydrogen-bond acceptors (Lipinski definition) is 0.